The third-order valence-corrected chi connectivity index (χ3v) is 4.55. The van der Waals surface area contributed by atoms with E-state index in [1.54, 1.807) is 18.4 Å². The average molecular weight is 311 g/mol. The molecule has 1 aliphatic rings. The maximum atomic E-state index is 11.8. The Morgan fingerprint density at radius 3 is 2.95 bits per heavy atom. The van der Waals surface area contributed by atoms with Crippen LogP contribution in [-0.2, 0) is 16.1 Å². The lowest BCUT2D eigenvalue weighted by atomic mass is 10.2. The van der Waals surface area contributed by atoms with Crippen molar-refractivity contribution < 1.29 is 14.0 Å². The standard InChI is InChI=1S/C14H21N3O3S/c1-17(11-4-6-21-10-11)9-14(19)16-8-13(18)15-7-12-3-2-5-20-12/h2-3,5,11H,4,6-10H2,1H3,(H,15,18)(H,16,19)/t11-/m0/s1. The lowest BCUT2D eigenvalue weighted by Gasteiger charge is -2.22. The molecule has 2 heterocycles. The Balaban J connectivity index is 1.60. The summed E-state index contributed by atoms with van der Waals surface area (Å²) in [4.78, 5) is 25.4. The van der Waals surface area contributed by atoms with Gasteiger partial charge in [0.05, 0.1) is 25.9 Å². The normalized spacial score (nSPS) is 17.9. The summed E-state index contributed by atoms with van der Waals surface area (Å²) in [6.07, 6.45) is 2.68. The fraction of sp³-hybridized carbons (Fsp3) is 0.571. The molecule has 2 N–H and O–H groups in total. The van der Waals surface area contributed by atoms with Gasteiger partial charge in [0, 0.05) is 11.8 Å². The van der Waals surface area contributed by atoms with Gasteiger partial charge in [0.15, 0.2) is 0 Å². The van der Waals surface area contributed by atoms with E-state index in [0.717, 1.165) is 17.9 Å². The minimum Gasteiger partial charge on any atom is -0.467 e. The first-order chi connectivity index (χ1) is 10.1. The number of thioether (sulfide) groups is 1. The first-order valence-electron chi connectivity index (χ1n) is 6.99. The average Bonchev–Trinajstić information content (AvgIpc) is 3.15. The highest BCUT2D eigenvalue weighted by Crippen LogP contribution is 2.20. The molecule has 6 nitrogen and oxygen atoms in total. The maximum absolute atomic E-state index is 11.8. The van der Waals surface area contributed by atoms with E-state index in [2.05, 4.69) is 15.5 Å². The number of hydrogen-bond acceptors (Lipinski definition) is 5. The van der Waals surface area contributed by atoms with E-state index in [0.29, 0.717) is 24.9 Å². The monoisotopic (exact) mass is 311 g/mol. The second kappa shape index (κ2) is 8.09. The number of amides is 2. The van der Waals surface area contributed by atoms with Crippen molar-refractivity contribution in [3.05, 3.63) is 24.2 Å². The molecular weight excluding hydrogens is 290 g/mol. The van der Waals surface area contributed by atoms with Crippen molar-refractivity contribution in [1.29, 1.82) is 0 Å². The zero-order chi connectivity index (χ0) is 15.1. The summed E-state index contributed by atoms with van der Waals surface area (Å²) in [5.41, 5.74) is 0. The van der Waals surface area contributed by atoms with E-state index < -0.39 is 0 Å². The van der Waals surface area contributed by atoms with Crippen LogP contribution in [0.25, 0.3) is 0 Å². The number of furan rings is 1. The van der Waals surface area contributed by atoms with Crippen LogP contribution in [0.5, 0.6) is 0 Å². The molecule has 1 fully saturated rings. The van der Waals surface area contributed by atoms with Crippen LogP contribution >= 0.6 is 11.8 Å². The van der Waals surface area contributed by atoms with Crippen LogP contribution < -0.4 is 10.6 Å². The van der Waals surface area contributed by atoms with Gasteiger partial charge >= 0.3 is 0 Å². The first kappa shape index (κ1) is 15.9. The zero-order valence-corrected chi connectivity index (χ0v) is 12.9. The van der Waals surface area contributed by atoms with Crippen molar-refractivity contribution in [3.63, 3.8) is 0 Å². The van der Waals surface area contributed by atoms with Gasteiger partial charge in [0.2, 0.25) is 11.8 Å². The molecule has 1 aliphatic heterocycles. The summed E-state index contributed by atoms with van der Waals surface area (Å²) >= 11 is 1.91. The Bertz CT molecular complexity index is 458. The lowest BCUT2D eigenvalue weighted by Crippen LogP contribution is -2.43. The van der Waals surface area contributed by atoms with Gasteiger partial charge in [-0.3, -0.25) is 14.5 Å². The largest absolute Gasteiger partial charge is 0.467 e. The molecule has 2 amide bonds. The topological polar surface area (TPSA) is 74.6 Å². The Morgan fingerprint density at radius 2 is 2.29 bits per heavy atom. The van der Waals surface area contributed by atoms with E-state index in [4.69, 9.17) is 4.42 Å². The number of rotatable bonds is 7. The molecule has 0 aliphatic carbocycles. The molecule has 2 rings (SSSR count). The van der Waals surface area contributed by atoms with Crippen molar-refractivity contribution in [2.75, 3.05) is 31.6 Å². The molecule has 21 heavy (non-hydrogen) atoms. The Labute approximate surface area is 128 Å². The Hall–Kier alpha value is -1.47. The minimum atomic E-state index is -0.223. The molecule has 0 spiro atoms. The molecule has 0 bridgehead atoms. The van der Waals surface area contributed by atoms with Crippen LogP contribution in [0.2, 0.25) is 0 Å². The molecule has 1 aromatic rings. The SMILES string of the molecule is CN(CC(=O)NCC(=O)NCc1ccco1)[C@H]1CCSC1. The third-order valence-electron chi connectivity index (χ3n) is 3.41. The van der Waals surface area contributed by atoms with Crippen LogP contribution in [0.3, 0.4) is 0 Å². The molecule has 7 heteroatoms. The zero-order valence-electron chi connectivity index (χ0n) is 12.1. The molecule has 0 aromatic carbocycles. The van der Waals surface area contributed by atoms with Crippen molar-refractivity contribution in [2.24, 2.45) is 0 Å². The highest BCUT2D eigenvalue weighted by atomic mass is 32.2. The smallest absolute Gasteiger partial charge is 0.239 e. The summed E-state index contributed by atoms with van der Waals surface area (Å²) in [5, 5.41) is 5.32. The van der Waals surface area contributed by atoms with Gasteiger partial charge in [-0.15, -0.1) is 0 Å². The Kier molecular flexibility index (Phi) is 6.13. The van der Waals surface area contributed by atoms with Gasteiger partial charge in [-0.2, -0.15) is 11.8 Å². The molecular formula is C14H21N3O3S. The molecule has 0 radical (unpaired) electrons. The molecule has 116 valence electrons. The lowest BCUT2D eigenvalue weighted by molar-refractivity contribution is -0.126. The fourth-order valence-corrected chi connectivity index (χ4v) is 3.42. The van der Waals surface area contributed by atoms with Crippen LogP contribution in [0.4, 0.5) is 0 Å². The van der Waals surface area contributed by atoms with Crippen LogP contribution in [0.1, 0.15) is 12.2 Å². The van der Waals surface area contributed by atoms with E-state index >= 15 is 0 Å². The Morgan fingerprint density at radius 1 is 1.43 bits per heavy atom. The van der Waals surface area contributed by atoms with Crippen LogP contribution in [0.15, 0.2) is 22.8 Å². The molecule has 1 aromatic heterocycles. The predicted octanol–water partition coefficient (Wildman–Crippen LogP) is 0.449. The van der Waals surface area contributed by atoms with Crippen molar-refractivity contribution in [2.45, 2.75) is 19.0 Å². The molecule has 0 unspecified atom stereocenters. The summed E-state index contributed by atoms with van der Waals surface area (Å²) in [5.74, 6) is 2.58. The summed E-state index contributed by atoms with van der Waals surface area (Å²) in [7, 11) is 1.95. The number of carbonyl (C=O) groups excluding carboxylic acids is 2. The number of nitrogens with zero attached hydrogens (tertiary/aromatic N) is 1. The van der Waals surface area contributed by atoms with Crippen molar-refractivity contribution in [3.8, 4) is 0 Å². The van der Waals surface area contributed by atoms with E-state index in [1.165, 1.54) is 0 Å². The van der Waals surface area contributed by atoms with Crippen molar-refractivity contribution >= 4 is 23.6 Å². The van der Waals surface area contributed by atoms with Crippen molar-refractivity contribution in [1.82, 2.24) is 15.5 Å². The van der Waals surface area contributed by atoms with Gasteiger partial charge in [-0.1, -0.05) is 0 Å². The fourth-order valence-electron chi connectivity index (χ4n) is 2.12. The predicted molar refractivity (Wildman–Crippen MR) is 81.9 cm³/mol. The third kappa shape index (κ3) is 5.43. The molecule has 0 saturated carbocycles. The van der Waals surface area contributed by atoms with Gasteiger partial charge in [0.25, 0.3) is 0 Å². The quantitative estimate of drug-likeness (QED) is 0.765. The highest BCUT2D eigenvalue weighted by molar-refractivity contribution is 7.99. The van der Waals surface area contributed by atoms with Crippen LogP contribution in [0, 0.1) is 0 Å². The second-order valence-electron chi connectivity index (χ2n) is 5.07. The number of likely N-dealkylation sites (N-methyl/N-ethyl adjacent to an activating group) is 1. The van der Waals surface area contributed by atoms with Gasteiger partial charge in [-0.05, 0) is 31.4 Å². The van der Waals surface area contributed by atoms with E-state index in [-0.39, 0.29) is 18.4 Å². The van der Waals surface area contributed by atoms with E-state index in [9.17, 15) is 9.59 Å². The first-order valence-corrected chi connectivity index (χ1v) is 8.14. The number of nitrogens with one attached hydrogen (secondary N) is 2. The maximum Gasteiger partial charge on any atom is 0.239 e. The van der Waals surface area contributed by atoms with Crippen LogP contribution in [-0.4, -0.2) is 54.4 Å². The molecule has 1 saturated heterocycles. The summed E-state index contributed by atoms with van der Waals surface area (Å²) < 4.78 is 5.11. The van der Waals surface area contributed by atoms with Gasteiger partial charge in [-0.25, -0.2) is 0 Å². The summed E-state index contributed by atoms with van der Waals surface area (Å²) in [6, 6.07) is 4.02. The van der Waals surface area contributed by atoms with E-state index in [1.807, 2.05) is 18.8 Å². The van der Waals surface area contributed by atoms with Gasteiger partial charge < -0.3 is 15.1 Å². The second-order valence-corrected chi connectivity index (χ2v) is 6.22. The van der Waals surface area contributed by atoms with Gasteiger partial charge in [0.1, 0.15) is 5.76 Å². The minimum absolute atomic E-state index is 0.00714. The summed E-state index contributed by atoms with van der Waals surface area (Å²) in [6.45, 7) is 0.657. The molecule has 1 atom stereocenters. The number of hydrogen-bond donors (Lipinski definition) is 2. The highest BCUT2D eigenvalue weighted by Gasteiger charge is 2.21. The number of carbonyl (C=O) groups is 2.